The third-order valence-corrected chi connectivity index (χ3v) is 3.63. The molecule has 1 aromatic rings. The highest BCUT2D eigenvalue weighted by Gasteiger charge is 2.24. The van der Waals surface area contributed by atoms with Gasteiger partial charge < -0.3 is 5.11 Å². The van der Waals surface area contributed by atoms with Crippen LogP contribution in [0.5, 0.6) is 0 Å². The van der Waals surface area contributed by atoms with Gasteiger partial charge in [-0.2, -0.15) is 0 Å². The van der Waals surface area contributed by atoms with Crippen molar-refractivity contribution in [2.24, 2.45) is 5.92 Å². The molecule has 1 N–H and O–H groups in total. The van der Waals surface area contributed by atoms with E-state index >= 15 is 0 Å². The first-order chi connectivity index (χ1) is 8.70. The molecular weight excluding hydrogens is 230 g/mol. The Morgan fingerprint density at radius 1 is 1.50 bits per heavy atom. The number of hydrogen-bond donors (Lipinski definition) is 1. The van der Waals surface area contributed by atoms with Gasteiger partial charge in [0.1, 0.15) is 0 Å². The summed E-state index contributed by atoms with van der Waals surface area (Å²) in [6.07, 6.45) is 3.08. The fraction of sp³-hybridized carbons (Fsp3) is 0.917. The van der Waals surface area contributed by atoms with Gasteiger partial charge in [0, 0.05) is 13.1 Å². The Kier molecular flexibility index (Phi) is 4.66. The quantitative estimate of drug-likeness (QED) is 0.835. The molecule has 0 radical (unpaired) electrons. The molecular formula is C12H23N5O. The van der Waals surface area contributed by atoms with E-state index in [0.717, 1.165) is 51.3 Å². The van der Waals surface area contributed by atoms with Crippen molar-refractivity contribution in [1.29, 1.82) is 0 Å². The van der Waals surface area contributed by atoms with E-state index in [1.807, 2.05) is 11.6 Å². The highest BCUT2D eigenvalue weighted by atomic mass is 16.3. The molecule has 1 aliphatic heterocycles. The normalized spacial score (nSPS) is 23.2. The minimum atomic E-state index is -0.223. The number of nitrogens with zero attached hydrogens (tertiary/aromatic N) is 5. The minimum absolute atomic E-state index is 0.223. The number of piperidine rings is 1. The van der Waals surface area contributed by atoms with Gasteiger partial charge in [-0.15, -0.1) is 5.10 Å². The summed E-state index contributed by atoms with van der Waals surface area (Å²) in [6.45, 7) is 7.68. The number of aryl methyl sites for hydroxylation is 1. The molecule has 1 fully saturated rings. The van der Waals surface area contributed by atoms with Gasteiger partial charge >= 0.3 is 0 Å². The van der Waals surface area contributed by atoms with Crippen LogP contribution >= 0.6 is 0 Å². The number of hydrogen-bond acceptors (Lipinski definition) is 5. The third-order valence-electron chi connectivity index (χ3n) is 3.63. The van der Waals surface area contributed by atoms with Gasteiger partial charge in [0.15, 0.2) is 5.82 Å². The first kappa shape index (κ1) is 13.4. The smallest absolute Gasteiger partial charge is 0.165 e. The van der Waals surface area contributed by atoms with Gasteiger partial charge in [-0.1, -0.05) is 6.92 Å². The van der Waals surface area contributed by atoms with Crippen LogP contribution in [0.3, 0.4) is 0 Å². The molecule has 102 valence electrons. The number of likely N-dealkylation sites (tertiary alicyclic amines) is 1. The maximum absolute atomic E-state index is 9.69. The Bertz CT molecular complexity index is 365. The number of aromatic nitrogens is 4. The van der Waals surface area contributed by atoms with Crippen LogP contribution in [0.1, 0.15) is 38.9 Å². The van der Waals surface area contributed by atoms with E-state index in [1.54, 1.807) is 0 Å². The van der Waals surface area contributed by atoms with Crippen LogP contribution in [0.4, 0.5) is 0 Å². The van der Waals surface area contributed by atoms with E-state index in [4.69, 9.17) is 0 Å². The van der Waals surface area contributed by atoms with E-state index in [9.17, 15) is 5.11 Å². The summed E-state index contributed by atoms with van der Waals surface area (Å²) in [5.74, 6) is 1.32. The van der Waals surface area contributed by atoms with E-state index in [1.165, 1.54) is 0 Å². The molecule has 0 aromatic carbocycles. The maximum atomic E-state index is 9.69. The van der Waals surface area contributed by atoms with E-state index in [2.05, 4.69) is 27.3 Å². The largest absolute Gasteiger partial charge is 0.393 e. The summed E-state index contributed by atoms with van der Waals surface area (Å²) < 4.78 is 1.88. The monoisotopic (exact) mass is 253 g/mol. The van der Waals surface area contributed by atoms with Crippen LogP contribution in [-0.4, -0.2) is 49.4 Å². The Hall–Kier alpha value is -1.01. The van der Waals surface area contributed by atoms with Crippen LogP contribution in [0.15, 0.2) is 0 Å². The van der Waals surface area contributed by atoms with Crippen molar-refractivity contribution in [1.82, 2.24) is 25.1 Å². The van der Waals surface area contributed by atoms with E-state index in [0.29, 0.717) is 5.92 Å². The third kappa shape index (κ3) is 3.26. The SMILES string of the molecule is CCCn1nnnc1CN1CCCC(C(C)O)C1. The highest BCUT2D eigenvalue weighted by molar-refractivity contribution is 4.84. The van der Waals surface area contributed by atoms with Gasteiger partial charge in [-0.05, 0) is 49.1 Å². The van der Waals surface area contributed by atoms with Crippen molar-refractivity contribution in [3.05, 3.63) is 5.82 Å². The molecule has 0 bridgehead atoms. The van der Waals surface area contributed by atoms with Crippen molar-refractivity contribution < 1.29 is 5.11 Å². The summed E-state index contributed by atoms with van der Waals surface area (Å²) in [5, 5.41) is 21.5. The van der Waals surface area contributed by atoms with Crippen LogP contribution in [-0.2, 0) is 13.1 Å². The van der Waals surface area contributed by atoms with Gasteiger partial charge in [-0.3, -0.25) is 4.90 Å². The molecule has 0 spiro atoms. The predicted molar refractivity (Wildman–Crippen MR) is 67.8 cm³/mol. The zero-order chi connectivity index (χ0) is 13.0. The predicted octanol–water partition coefficient (Wildman–Crippen LogP) is 0.676. The first-order valence-electron chi connectivity index (χ1n) is 6.86. The summed E-state index contributed by atoms with van der Waals surface area (Å²) >= 11 is 0. The number of rotatable bonds is 5. The number of tetrazole rings is 1. The summed E-state index contributed by atoms with van der Waals surface area (Å²) in [7, 11) is 0. The van der Waals surface area contributed by atoms with Crippen LogP contribution in [0, 0.1) is 5.92 Å². The molecule has 6 heteroatoms. The van der Waals surface area contributed by atoms with Crippen molar-refractivity contribution >= 4 is 0 Å². The van der Waals surface area contributed by atoms with Gasteiger partial charge in [0.2, 0.25) is 0 Å². The zero-order valence-electron chi connectivity index (χ0n) is 11.3. The van der Waals surface area contributed by atoms with Gasteiger partial charge in [0.05, 0.1) is 12.6 Å². The highest BCUT2D eigenvalue weighted by Crippen LogP contribution is 2.20. The lowest BCUT2D eigenvalue weighted by Crippen LogP contribution is -2.39. The second-order valence-corrected chi connectivity index (χ2v) is 5.20. The van der Waals surface area contributed by atoms with Crippen molar-refractivity contribution in [2.45, 2.75) is 52.3 Å². The zero-order valence-corrected chi connectivity index (χ0v) is 11.3. The summed E-state index contributed by atoms with van der Waals surface area (Å²) in [4.78, 5) is 2.35. The van der Waals surface area contributed by atoms with Crippen molar-refractivity contribution in [2.75, 3.05) is 13.1 Å². The van der Waals surface area contributed by atoms with Gasteiger partial charge in [0.25, 0.3) is 0 Å². The molecule has 2 heterocycles. The summed E-state index contributed by atoms with van der Waals surface area (Å²) in [5.41, 5.74) is 0. The number of aliphatic hydroxyl groups is 1. The van der Waals surface area contributed by atoms with E-state index < -0.39 is 0 Å². The van der Waals surface area contributed by atoms with Crippen LogP contribution in [0.2, 0.25) is 0 Å². The Morgan fingerprint density at radius 2 is 2.33 bits per heavy atom. The van der Waals surface area contributed by atoms with Gasteiger partial charge in [-0.25, -0.2) is 4.68 Å². The molecule has 0 saturated carbocycles. The molecule has 6 nitrogen and oxygen atoms in total. The Morgan fingerprint density at radius 3 is 3.06 bits per heavy atom. The van der Waals surface area contributed by atoms with Crippen molar-refractivity contribution in [3.8, 4) is 0 Å². The standard InChI is InChI=1S/C12H23N5O/c1-3-6-17-12(13-14-15-17)9-16-7-4-5-11(8-16)10(2)18/h10-11,18H,3-9H2,1-2H3. The lowest BCUT2D eigenvalue weighted by atomic mass is 9.93. The molecule has 2 unspecified atom stereocenters. The Labute approximate surface area is 108 Å². The van der Waals surface area contributed by atoms with Crippen LogP contribution < -0.4 is 0 Å². The molecule has 2 rings (SSSR count). The maximum Gasteiger partial charge on any atom is 0.165 e. The fourth-order valence-electron chi connectivity index (χ4n) is 2.55. The lowest BCUT2D eigenvalue weighted by Gasteiger charge is -2.33. The molecule has 1 aromatic heterocycles. The fourth-order valence-corrected chi connectivity index (χ4v) is 2.55. The Balaban J connectivity index is 1.94. The molecule has 1 saturated heterocycles. The molecule has 0 aliphatic carbocycles. The molecule has 0 amide bonds. The topological polar surface area (TPSA) is 67.1 Å². The first-order valence-corrected chi connectivity index (χ1v) is 6.86. The second kappa shape index (κ2) is 6.24. The van der Waals surface area contributed by atoms with Crippen LogP contribution in [0.25, 0.3) is 0 Å². The average Bonchev–Trinajstić information content (AvgIpc) is 2.77. The van der Waals surface area contributed by atoms with E-state index in [-0.39, 0.29) is 6.10 Å². The average molecular weight is 253 g/mol. The molecule has 18 heavy (non-hydrogen) atoms. The van der Waals surface area contributed by atoms with Crippen molar-refractivity contribution in [3.63, 3.8) is 0 Å². The minimum Gasteiger partial charge on any atom is -0.393 e. The second-order valence-electron chi connectivity index (χ2n) is 5.20. The summed E-state index contributed by atoms with van der Waals surface area (Å²) in [6, 6.07) is 0. The number of aliphatic hydroxyl groups excluding tert-OH is 1. The molecule has 2 atom stereocenters. The molecule has 1 aliphatic rings. The lowest BCUT2D eigenvalue weighted by molar-refractivity contribution is 0.0583.